The predicted octanol–water partition coefficient (Wildman–Crippen LogP) is 6.49. The number of aromatic nitrogens is 2. The Morgan fingerprint density at radius 2 is 1.26 bits per heavy atom. The summed E-state index contributed by atoms with van der Waals surface area (Å²) in [5, 5.41) is 18.7. The molecule has 0 atom stereocenters. The molecular formula is C16H9Cl4N5O2. The minimum Gasteiger partial charge on any atom is -0.333 e. The normalized spacial score (nSPS) is 10.5. The van der Waals surface area contributed by atoms with E-state index in [1.54, 1.807) is 24.3 Å². The largest absolute Gasteiger partial charge is 0.353 e. The third-order valence-corrected chi connectivity index (χ3v) is 4.50. The molecule has 0 spiro atoms. The molecule has 0 aliphatic carbocycles. The van der Waals surface area contributed by atoms with Gasteiger partial charge in [-0.1, -0.05) is 46.4 Å². The average molecular weight is 445 g/mol. The van der Waals surface area contributed by atoms with Gasteiger partial charge in [0.1, 0.15) is 6.33 Å². The Balaban J connectivity index is 2.04. The Bertz CT molecular complexity index is 960. The van der Waals surface area contributed by atoms with Gasteiger partial charge in [-0.3, -0.25) is 10.1 Å². The van der Waals surface area contributed by atoms with E-state index in [-0.39, 0.29) is 11.6 Å². The highest BCUT2D eigenvalue weighted by Crippen LogP contribution is 2.37. The number of nitrogens with zero attached hydrogens (tertiary/aromatic N) is 3. The van der Waals surface area contributed by atoms with E-state index < -0.39 is 10.6 Å². The molecule has 0 aliphatic heterocycles. The van der Waals surface area contributed by atoms with Crippen molar-refractivity contribution in [3.8, 4) is 0 Å². The molecule has 0 saturated heterocycles. The molecule has 27 heavy (non-hydrogen) atoms. The van der Waals surface area contributed by atoms with Gasteiger partial charge in [-0.2, -0.15) is 0 Å². The molecule has 138 valence electrons. The Morgan fingerprint density at radius 3 is 1.67 bits per heavy atom. The third-order valence-electron chi connectivity index (χ3n) is 3.37. The summed E-state index contributed by atoms with van der Waals surface area (Å²) in [6, 6.07) is 9.36. The van der Waals surface area contributed by atoms with Gasteiger partial charge in [-0.05, 0) is 36.4 Å². The lowest BCUT2D eigenvalue weighted by atomic mass is 10.3. The smallest absolute Gasteiger partial charge is 0.333 e. The molecule has 0 saturated carbocycles. The summed E-state index contributed by atoms with van der Waals surface area (Å²) in [6.45, 7) is 0. The SMILES string of the molecule is O=[N+]([O-])c1c(Nc2cc(Cl)ccc2Cl)ncnc1Nc1cc(Cl)ccc1Cl. The van der Waals surface area contributed by atoms with Crippen LogP contribution >= 0.6 is 46.4 Å². The maximum Gasteiger partial charge on any atom is 0.353 e. The molecule has 11 heteroatoms. The minimum atomic E-state index is -0.623. The molecule has 2 aromatic carbocycles. The maximum atomic E-state index is 11.7. The molecule has 3 aromatic rings. The summed E-state index contributed by atoms with van der Waals surface area (Å²) in [7, 11) is 0. The number of nitro groups is 1. The molecule has 1 aromatic heterocycles. The van der Waals surface area contributed by atoms with Crippen molar-refractivity contribution in [2.45, 2.75) is 0 Å². The molecule has 7 nitrogen and oxygen atoms in total. The third kappa shape index (κ3) is 4.51. The van der Waals surface area contributed by atoms with Gasteiger partial charge in [0.2, 0.25) is 11.6 Å². The first kappa shape index (κ1) is 19.4. The van der Waals surface area contributed by atoms with Crippen LogP contribution in [0.15, 0.2) is 42.7 Å². The summed E-state index contributed by atoms with van der Waals surface area (Å²) in [4.78, 5) is 18.9. The van der Waals surface area contributed by atoms with Crippen molar-refractivity contribution < 1.29 is 4.92 Å². The lowest BCUT2D eigenvalue weighted by molar-refractivity contribution is -0.383. The van der Waals surface area contributed by atoms with E-state index in [9.17, 15) is 10.1 Å². The standard InChI is InChI=1S/C16H9Cl4N5O2/c17-8-1-3-10(19)12(5-8)23-15-14(25(26)27)16(22-7-21-15)24-13-6-9(18)2-4-11(13)20/h1-7H,(H2,21,22,23,24). The first-order valence-electron chi connectivity index (χ1n) is 7.28. The molecule has 0 aliphatic rings. The van der Waals surface area contributed by atoms with Crippen LogP contribution in [0, 0.1) is 10.1 Å². The molecule has 0 bridgehead atoms. The van der Waals surface area contributed by atoms with Crippen molar-refractivity contribution >= 4 is 75.1 Å². The van der Waals surface area contributed by atoms with Crippen molar-refractivity contribution in [2.75, 3.05) is 10.6 Å². The zero-order valence-corrected chi connectivity index (χ0v) is 16.2. The second-order valence-electron chi connectivity index (χ2n) is 5.17. The van der Waals surface area contributed by atoms with E-state index in [4.69, 9.17) is 46.4 Å². The minimum absolute atomic E-state index is 0.0696. The highest BCUT2D eigenvalue weighted by Gasteiger charge is 2.24. The van der Waals surface area contributed by atoms with Crippen molar-refractivity contribution in [2.24, 2.45) is 0 Å². The summed E-state index contributed by atoms with van der Waals surface area (Å²) >= 11 is 24.1. The van der Waals surface area contributed by atoms with Gasteiger partial charge < -0.3 is 10.6 Å². The lowest BCUT2D eigenvalue weighted by Crippen LogP contribution is -2.06. The van der Waals surface area contributed by atoms with E-state index in [1.165, 1.54) is 12.1 Å². The van der Waals surface area contributed by atoms with Crippen molar-refractivity contribution in [3.63, 3.8) is 0 Å². The zero-order valence-electron chi connectivity index (χ0n) is 13.2. The van der Waals surface area contributed by atoms with Gasteiger partial charge in [-0.15, -0.1) is 0 Å². The van der Waals surface area contributed by atoms with Crippen LogP contribution in [0.25, 0.3) is 0 Å². The number of hydrogen-bond acceptors (Lipinski definition) is 6. The van der Waals surface area contributed by atoms with Crippen molar-refractivity contribution in [1.29, 1.82) is 0 Å². The van der Waals surface area contributed by atoms with Crippen LogP contribution in [0.3, 0.4) is 0 Å². The van der Waals surface area contributed by atoms with Crippen LogP contribution in [0.2, 0.25) is 20.1 Å². The predicted molar refractivity (Wildman–Crippen MR) is 108 cm³/mol. The Kier molecular flexibility index (Phi) is 5.86. The van der Waals surface area contributed by atoms with E-state index in [2.05, 4.69) is 20.6 Å². The molecular weight excluding hydrogens is 436 g/mol. The lowest BCUT2D eigenvalue weighted by Gasteiger charge is -2.12. The highest BCUT2D eigenvalue weighted by atomic mass is 35.5. The molecule has 0 fully saturated rings. The Morgan fingerprint density at radius 1 is 0.815 bits per heavy atom. The van der Waals surface area contributed by atoms with Crippen LogP contribution in [0.4, 0.5) is 28.7 Å². The Labute approximate surface area is 173 Å². The fraction of sp³-hybridized carbons (Fsp3) is 0. The summed E-state index contributed by atoms with van der Waals surface area (Å²) < 4.78 is 0. The molecule has 0 unspecified atom stereocenters. The van der Waals surface area contributed by atoms with Gasteiger partial charge in [0.15, 0.2) is 0 Å². The molecule has 0 radical (unpaired) electrons. The Hall–Kier alpha value is -2.32. The van der Waals surface area contributed by atoms with E-state index in [1.807, 2.05) is 0 Å². The fourth-order valence-electron chi connectivity index (χ4n) is 2.18. The van der Waals surface area contributed by atoms with Crippen LogP contribution in [0.5, 0.6) is 0 Å². The van der Waals surface area contributed by atoms with Gasteiger partial charge in [0, 0.05) is 10.0 Å². The number of nitrogens with one attached hydrogen (secondary N) is 2. The van der Waals surface area contributed by atoms with Crippen LogP contribution in [-0.4, -0.2) is 14.9 Å². The van der Waals surface area contributed by atoms with Gasteiger partial charge >= 0.3 is 5.69 Å². The van der Waals surface area contributed by atoms with Gasteiger partial charge in [-0.25, -0.2) is 9.97 Å². The van der Waals surface area contributed by atoms with Gasteiger partial charge in [0.25, 0.3) is 0 Å². The number of hydrogen-bond donors (Lipinski definition) is 2. The van der Waals surface area contributed by atoms with Crippen LogP contribution < -0.4 is 10.6 Å². The van der Waals surface area contributed by atoms with Gasteiger partial charge in [0.05, 0.1) is 26.3 Å². The highest BCUT2D eigenvalue weighted by molar-refractivity contribution is 6.36. The topological polar surface area (TPSA) is 93.0 Å². The summed E-state index contributed by atoms with van der Waals surface area (Å²) in [6.07, 6.45) is 1.16. The van der Waals surface area contributed by atoms with E-state index in [0.29, 0.717) is 31.5 Å². The molecule has 1 heterocycles. The molecule has 3 rings (SSSR count). The molecule has 2 N–H and O–H groups in total. The monoisotopic (exact) mass is 443 g/mol. The van der Waals surface area contributed by atoms with Crippen molar-refractivity contribution in [3.05, 3.63) is 72.9 Å². The van der Waals surface area contributed by atoms with E-state index in [0.717, 1.165) is 6.33 Å². The maximum absolute atomic E-state index is 11.7. The first-order valence-corrected chi connectivity index (χ1v) is 8.80. The summed E-state index contributed by atoms with van der Waals surface area (Å²) in [5.74, 6) is -0.139. The number of halogens is 4. The quantitative estimate of drug-likeness (QED) is 0.345. The zero-order chi connectivity index (χ0) is 19.6. The average Bonchev–Trinajstić information content (AvgIpc) is 2.61. The first-order chi connectivity index (χ1) is 12.8. The van der Waals surface area contributed by atoms with Crippen LogP contribution in [0.1, 0.15) is 0 Å². The van der Waals surface area contributed by atoms with Crippen LogP contribution in [-0.2, 0) is 0 Å². The second kappa shape index (κ2) is 8.14. The number of benzene rings is 2. The number of rotatable bonds is 5. The number of anilines is 4. The molecule has 0 amide bonds. The second-order valence-corrected chi connectivity index (χ2v) is 6.86. The fourth-order valence-corrected chi connectivity index (χ4v) is 2.85. The van der Waals surface area contributed by atoms with E-state index >= 15 is 0 Å². The summed E-state index contributed by atoms with van der Waals surface area (Å²) in [5.41, 5.74) is 0.319. The van der Waals surface area contributed by atoms with Crippen molar-refractivity contribution in [1.82, 2.24) is 9.97 Å².